The molecule has 0 saturated carbocycles. The van der Waals surface area contributed by atoms with Gasteiger partial charge in [0.25, 0.3) is 0 Å². The summed E-state index contributed by atoms with van der Waals surface area (Å²) in [6, 6.07) is 0. The molecule has 0 heterocycles. The fourth-order valence-corrected chi connectivity index (χ4v) is 0.858. The zero-order chi connectivity index (χ0) is 7.49. The molecule has 52 valence electrons. The molecule has 0 unspecified atom stereocenters. The minimum absolute atomic E-state index is 0.384. The fourth-order valence-electron chi connectivity index (χ4n) is 0.858. The van der Waals surface area contributed by atoms with Gasteiger partial charge in [-0.15, -0.1) is 5.73 Å². The third-order valence-corrected chi connectivity index (χ3v) is 1.10. The van der Waals surface area contributed by atoms with E-state index in [1.165, 1.54) is 5.57 Å². The first-order chi connectivity index (χ1) is 3.95. The van der Waals surface area contributed by atoms with Crippen LogP contribution in [0.4, 0.5) is 0 Å². The first-order valence-corrected chi connectivity index (χ1v) is 3.31. The molecule has 0 fully saturated rings. The van der Waals surface area contributed by atoms with Crippen LogP contribution in [0.2, 0.25) is 0 Å². The molecule has 0 aromatic heterocycles. The smallest absolute Gasteiger partial charge is 0.0198 e. The lowest BCUT2D eigenvalue weighted by Gasteiger charge is -2.16. The summed E-state index contributed by atoms with van der Waals surface area (Å²) in [5.41, 5.74) is 4.52. The van der Waals surface area contributed by atoms with E-state index in [4.69, 9.17) is 0 Å². The summed E-state index contributed by atoms with van der Waals surface area (Å²) in [7, 11) is 0. The zero-order valence-corrected chi connectivity index (χ0v) is 6.91. The van der Waals surface area contributed by atoms with Crippen LogP contribution in [0.1, 0.15) is 34.1 Å². The Hall–Kier alpha value is -0.480. The standard InChI is InChI=1S/C9H16/c1-6-8(2)7-9(3,4)5/h1,7H2,2-5H3. The van der Waals surface area contributed by atoms with Crippen molar-refractivity contribution in [1.29, 1.82) is 0 Å². The molecule has 0 heteroatoms. The Kier molecular flexibility index (Phi) is 2.73. The number of allylic oxidation sites excluding steroid dienone is 1. The van der Waals surface area contributed by atoms with E-state index in [1.54, 1.807) is 0 Å². The lowest BCUT2D eigenvalue weighted by atomic mass is 9.89. The number of hydrogen-bond donors (Lipinski definition) is 0. The second-order valence-corrected chi connectivity index (χ2v) is 3.69. The van der Waals surface area contributed by atoms with Gasteiger partial charge in [0.05, 0.1) is 0 Å². The van der Waals surface area contributed by atoms with Crippen LogP contribution in [0.5, 0.6) is 0 Å². The van der Waals surface area contributed by atoms with Crippen LogP contribution < -0.4 is 0 Å². The van der Waals surface area contributed by atoms with Crippen molar-refractivity contribution < 1.29 is 0 Å². The van der Waals surface area contributed by atoms with Gasteiger partial charge >= 0.3 is 0 Å². The summed E-state index contributed by atoms with van der Waals surface area (Å²) in [6.45, 7) is 12.3. The van der Waals surface area contributed by atoms with Gasteiger partial charge in [-0.05, 0) is 24.3 Å². The van der Waals surface area contributed by atoms with Crippen molar-refractivity contribution in [2.45, 2.75) is 34.1 Å². The summed E-state index contributed by atoms with van der Waals surface area (Å²) in [5, 5.41) is 0. The highest BCUT2D eigenvalue weighted by Gasteiger charge is 2.09. The van der Waals surface area contributed by atoms with E-state index in [1.807, 2.05) is 0 Å². The molecule has 0 saturated heterocycles. The predicted molar refractivity (Wildman–Crippen MR) is 42.4 cm³/mol. The molecule has 9 heavy (non-hydrogen) atoms. The van der Waals surface area contributed by atoms with Gasteiger partial charge in [-0.3, -0.25) is 0 Å². The second-order valence-electron chi connectivity index (χ2n) is 3.69. The molecule has 0 aliphatic carbocycles. The average Bonchev–Trinajstić information content (AvgIpc) is 1.62. The van der Waals surface area contributed by atoms with Crippen molar-refractivity contribution >= 4 is 0 Å². The summed E-state index contributed by atoms with van der Waals surface area (Å²) < 4.78 is 0. The van der Waals surface area contributed by atoms with Crippen molar-refractivity contribution in [3.05, 3.63) is 17.9 Å². The molecule has 0 nitrogen and oxygen atoms in total. The monoisotopic (exact) mass is 124 g/mol. The summed E-state index contributed by atoms with van der Waals surface area (Å²) in [5.74, 6) is 0. The van der Waals surface area contributed by atoms with Crippen LogP contribution in [0, 0.1) is 5.41 Å². The topological polar surface area (TPSA) is 0 Å². The molecule has 0 rings (SSSR count). The van der Waals surface area contributed by atoms with E-state index in [0.717, 1.165) is 6.42 Å². The maximum atomic E-state index is 3.58. The van der Waals surface area contributed by atoms with Crippen molar-refractivity contribution in [3.8, 4) is 0 Å². The normalized spacial score (nSPS) is 10.7. The van der Waals surface area contributed by atoms with Gasteiger partial charge in [0.15, 0.2) is 0 Å². The summed E-state index contributed by atoms with van der Waals surface area (Å²) in [6.07, 6.45) is 1.09. The highest BCUT2D eigenvalue weighted by Crippen LogP contribution is 2.22. The van der Waals surface area contributed by atoms with Gasteiger partial charge in [0, 0.05) is 0 Å². The van der Waals surface area contributed by atoms with E-state index in [0.29, 0.717) is 5.41 Å². The third kappa shape index (κ3) is 5.39. The molecular weight excluding hydrogens is 108 g/mol. The quantitative estimate of drug-likeness (QED) is 0.471. The van der Waals surface area contributed by atoms with Crippen LogP contribution in [0.3, 0.4) is 0 Å². The van der Waals surface area contributed by atoms with Crippen LogP contribution in [-0.2, 0) is 0 Å². The molecule has 0 bridgehead atoms. The Balaban J connectivity index is 3.89. The van der Waals surface area contributed by atoms with Crippen molar-refractivity contribution in [2.24, 2.45) is 5.41 Å². The molecule has 0 atom stereocenters. The zero-order valence-electron chi connectivity index (χ0n) is 6.91. The lowest BCUT2D eigenvalue weighted by Crippen LogP contribution is -2.04. The Bertz CT molecular complexity index is 129. The summed E-state index contributed by atoms with van der Waals surface area (Å²) in [4.78, 5) is 0. The lowest BCUT2D eigenvalue weighted by molar-refractivity contribution is 0.410. The van der Waals surface area contributed by atoms with E-state index in [9.17, 15) is 0 Å². The van der Waals surface area contributed by atoms with Crippen molar-refractivity contribution in [1.82, 2.24) is 0 Å². The van der Waals surface area contributed by atoms with Gasteiger partial charge in [-0.2, -0.15) is 0 Å². The second kappa shape index (κ2) is 2.89. The van der Waals surface area contributed by atoms with Gasteiger partial charge in [0.1, 0.15) is 0 Å². The van der Waals surface area contributed by atoms with E-state index < -0.39 is 0 Å². The van der Waals surface area contributed by atoms with Crippen LogP contribution in [0.15, 0.2) is 17.9 Å². The van der Waals surface area contributed by atoms with Crippen LogP contribution in [0.25, 0.3) is 0 Å². The molecule has 0 spiro atoms. The molecule has 0 N–H and O–H groups in total. The van der Waals surface area contributed by atoms with E-state index >= 15 is 0 Å². The molecule has 0 aromatic rings. The van der Waals surface area contributed by atoms with Gasteiger partial charge in [-0.1, -0.05) is 27.4 Å². The summed E-state index contributed by atoms with van der Waals surface area (Å²) >= 11 is 0. The number of hydrogen-bond acceptors (Lipinski definition) is 0. The minimum atomic E-state index is 0.384. The Morgan fingerprint density at radius 3 is 2.00 bits per heavy atom. The Morgan fingerprint density at radius 2 is 1.89 bits per heavy atom. The molecular formula is C9H16. The first-order valence-electron chi connectivity index (χ1n) is 3.31. The largest absolute Gasteiger partial charge is 0.130 e. The van der Waals surface area contributed by atoms with Gasteiger partial charge in [0.2, 0.25) is 0 Å². The van der Waals surface area contributed by atoms with E-state index in [2.05, 4.69) is 40.0 Å². The molecule has 0 amide bonds. The van der Waals surface area contributed by atoms with Gasteiger partial charge in [-0.25, -0.2) is 0 Å². The van der Waals surface area contributed by atoms with Crippen LogP contribution >= 0.6 is 0 Å². The first kappa shape index (κ1) is 8.52. The van der Waals surface area contributed by atoms with Gasteiger partial charge < -0.3 is 0 Å². The van der Waals surface area contributed by atoms with Crippen molar-refractivity contribution in [3.63, 3.8) is 0 Å². The maximum absolute atomic E-state index is 3.58. The highest BCUT2D eigenvalue weighted by molar-refractivity contribution is 4.97. The SMILES string of the molecule is C=C=C(C)CC(C)(C)C. The third-order valence-electron chi connectivity index (χ3n) is 1.10. The number of rotatable bonds is 1. The molecule has 0 radical (unpaired) electrons. The maximum Gasteiger partial charge on any atom is -0.0198 e. The van der Waals surface area contributed by atoms with Crippen molar-refractivity contribution in [2.75, 3.05) is 0 Å². The molecule has 0 aliphatic rings. The molecule has 0 aromatic carbocycles. The minimum Gasteiger partial charge on any atom is -0.130 e. The predicted octanol–water partition coefficient (Wildman–Crippen LogP) is 3.15. The van der Waals surface area contributed by atoms with E-state index in [-0.39, 0.29) is 0 Å². The Labute approximate surface area is 58.3 Å². The Morgan fingerprint density at radius 1 is 1.44 bits per heavy atom. The van der Waals surface area contributed by atoms with Crippen LogP contribution in [-0.4, -0.2) is 0 Å². The fraction of sp³-hybridized carbons (Fsp3) is 0.667. The highest BCUT2D eigenvalue weighted by atomic mass is 14.1. The molecule has 0 aliphatic heterocycles. The average molecular weight is 124 g/mol.